The largest absolute Gasteiger partial charge is 0.478 e. The summed E-state index contributed by atoms with van der Waals surface area (Å²) in [6, 6.07) is 8.84. The molecular weight excluding hydrogens is 460 g/mol. The van der Waals surface area contributed by atoms with Crippen LogP contribution >= 0.6 is 0 Å². The van der Waals surface area contributed by atoms with Gasteiger partial charge in [0.15, 0.2) is 0 Å². The maximum absolute atomic E-state index is 13.3. The van der Waals surface area contributed by atoms with Gasteiger partial charge in [0.2, 0.25) is 0 Å². The molecule has 4 nitrogen and oxygen atoms in total. The van der Waals surface area contributed by atoms with Gasteiger partial charge < -0.3 is 9.84 Å². The van der Waals surface area contributed by atoms with Crippen molar-refractivity contribution in [1.82, 2.24) is 0 Å². The zero-order chi connectivity index (χ0) is 27.7. The van der Waals surface area contributed by atoms with Gasteiger partial charge in [0.1, 0.15) is 11.2 Å². The van der Waals surface area contributed by atoms with Crippen molar-refractivity contribution in [2.45, 2.75) is 80.1 Å². The smallest absolute Gasteiger partial charge is 0.331 e. The van der Waals surface area contributed by atoms with Gasteiger partial charge in [-0.3, -0.25) is 4.79 Å². The second kappa shape index (κ2) is 10.5. The number of carbonyl (C=O) groups is 2. The first-order valence-electron chi connectivity index (χ1n) is 12.9. The van der Waals surface area contributed by atoms with Crippen molar-refractivity contribution in [2.75, 3.05) is 0 Å². The molecule has 0 saturated carbocycles. The minimum absolute atomic E-state index is 0.228. The minimum atomic E-state index is -0.995. The summed E-state index contributed by atoms with van der Waals surface area (Å²) in [7, 11) is 0. The summed E-state index contributed by atoms with van der Waals surface area (Å²) in [5, 5.41) is 9.24. The fraction of sp³-hybridized carbons (Fsp3) is 0.394. The predicted octanol–water partition coefficient (Wildman–Crippen LogP) is 7.81. The molecule has 0 heterocycles. The maximum atomic E-state index is 13.3. The summed E-state index contributed by atoms with van der Waals surface area (Å²) in [5.41, 5.74) is 7.33. The van der Waals surface area contributed by atoms with E-state index in [0.717, 1.165) is 11.1 Å². The van der Waals surface area contributed by atoms with Crippen LogP contribution in [0.4, 0.5) is 0 Å². The summed E-state index contributed by atoms with van der Waals surface area (Å²) in [4.78, 5) is 24.5. The molecule has 2 aromatic rings. The van der Waals surface area contributed by atoms with Gasteiger partial charge in [-0.2, -0.15) is 0 Å². The molecule has 1 aliphatic rings. The molecular formula is C33H40O4. The van der Waals surface area contributed by atoms with Crippen molar-refractivity contribution in [2.24, 2.45) is 5.41 Å². The number of hydrogen-bond acceptors (Lipinski definition) is 3. The number of benzene rings is 2. The van der Waals surface area contributed by atoms with Gasteiger partial charge in [-0.05, 0) is 85.9 Å². The van der Waals surface area contributed by atoms with Crippen LogP contribution in [0.2, 0.25) is 0 Å². The van der Waals surface area contributed by atoms with Gasteiger partial charge in [0.05, 0.1) is 0 Å². The molecule has 0 bridgehead atoms. The number of carboxylic acids is 1. The highest BCUT2D eigenvalue weighted by atomic mass is 16.5. The average Bonchev–Trinajstić information content (AvgIpc) is 2.77. The summed E-state index contributed by atoms with van der Waals surface area (Å²) in [6.45, 7) is 19.1. The molecule has 0 spiro atoms. The van der Waals surface area contributed by atoms with Crippen LogP contribution in [0.5, 0.6) is 5.75 Å². The Morgan fingerprint density at radius 3 is 1.92 bits per heavy atom. The third-order valence-electron chi connectivity index (χ3n) is 7.53. The van der Waals surface area contributed by atoms with Crippen LogP contribution in [0.3, 0.4) is 0 Å². The number of carbonyl (C=O) groups excluding carboxylic acids is 1. The number of esters is 1. The predicted molar refractivity (Wildman–Crippen MR) is 150 cm³/mol. The molecule has 0 amide bonds. The first kappa shape index (κ1) is 28.2. The summed E-state index contributed by atoms with van der Waals surface area (Å²) >= 11 is 0. The molecule has 1 atom stereocenters. The van der Waals surface area contributed by atoms with Crippen molar-refractivity contribution in [3.8, 4) is 5.75 Å². The number of aliphatic carboxylic acids is 1. The summed E-state index contributed by atoms with van der Waals surface area (Å²) in [5.74, 6) is -0.314. The number of ether oxygens (including phenoxy) is 1. The van der Waals surface area contributed by atoms with Crippen molar-refractivity contribution < 1.29 is 19.4 Å². The molecule has 1 unspecified atom stereocenters. The SMILES string of the molecule is Cc1cc(C(C)(C)c2cc(C)c(C(C)C)c(C)c2)cc(C)c1OC(=O)C1(C)C=CC/C(C(=O)O)=C/C=C\1. The van der Waals surface area contributed by atoms with E-state index in [4.69, 9.17) is 4.74 Å². The van der Waals surface area contributed by atoms with Crippen LogP contribution < -0.4 is 4.74 Å². The van der Waals surface area contributed by atoms with Crippen LogP contribution in [0.1, 0.15) is 85.9 Å². The van der Waals surface area contributed by atoms with E-state index >= 15 is 0 Å². The highest BCUT2D eigenvalue weighted by Gasteiger charge is 2.32. The van der Waals surface area contributed by atoms with Crippen molar-refractivity contribution in [1.29, 1.82) is 0 Å². The molecule has 3 rings (SSSR count). The number of hydrogen-bond donors (Lipinski definition) is 1. The second-order valence-electron chi connectivity index (χ2n) is 11.4. The van der Waals surface area contributed by atoms with Gasteiger partial charge in [-0.1, -0.05) is 82.3 Å². The molecule has 2 aromatic carbocycles. The zero-order valence-corrected chi connectivity index (χ0v) is 23.7. The number of aryl methyl sites for hydroxylation is 4. The first-order chi connectivity index (χ1) is 17.2. The Morgan fingerprint density at radius 1 is 0.919 bits per heavy atom. The molecule has 196 valence electrons. The van der Waals surface area contributed by atoms with E-state index in [1.807, 2.05) is 13.8 Å². The summed E-state index contributed by atoms with van der Waals surface area (Å²) < 4.78 is 5.96. The minimum Gasteiger partial charge on any atom is -0.478 e. The van der Waals surface area contributed by atoms with E-state index in [1.54, 1.807) is 31.2 Å². The average molecular weight is 501 g/mol. The lowest BCUT2D eigenvalue weighted by molar-refractivity contribution is -0.140. The molecule has 0 aliphatic heterocycles. The van der Waals surface area contributed by atoms with E-state index in [0.29, 0.717) is 11.7 Å². The molecule has 37 heavy (non-hydrogen) atoms. The molecule has 4 heteroatoms. The third kappa shape index (κ3) is 5.79. The Bertz CT molecular complexity index is 1270. The fourth-order valence-corrected chi connectivity index (χ4v) is 5.30. The van der Waals surface area contributed by atoms with Crippen LogP contribution in [0.15, 0.2) is 60.2 Å². The van der Waals surface area contributed by atoms with E-state index in [9.17, 15) is 14.7 Å². The lowest BCUT2D eigenvalue weighted by Gasteiger charge is -2.30. The monoisotopic (exact) mass is 500 g/mol. The van der Waals surface area contributed by atoms with Gasteiger partial charge in [-0.25, -0.2) is 4.79 Å². The second-order valence-corrected chi connectivity index (χ2v) is 11.4. The van der Waals surface area contributed by atoms with E-state index in [-0.39, 0.29) is 17.4 Å². The topological polar surface area (TPSA) is 63.6 Å². The van der Waals surface area contributed by atoms with Gasteiger partial charge in [0.25, 0.3) is 0 Å². The van der Waals surface area contributed by atoms with Crippen molar-refractivity contribution in [3.05, 3.63) is 99.2 Å². The molecule has 1 aliphatic carbocycles. The normalized spacial score (nSPS) is 20.1. The zero-order valence-electron chi connectivity index (χ0n) is 23.7. The fourth-order valence-electron chi connectivity index (χ4n) is 5.30. The molecule has 0 saturated heterocycles. The number of allylic oxidation sites excluding steroid dienone is 3. The highest BCUT2D eigenvalue weighted by molar-refractivity contribution is 5.88. The first-order valence-corrected chi connectivity index (χ1v) is 12.9. The lowest BCUT2D eigenvalue weighted by atomic mass is 9.75. The molecule has 0 aromatic heterocycles. The molecule has 1 N–H and O–H groups in total. The Balaban J connectivity index is 1.93. The number of carboxylic acid groups (broad SMARTS) is 1. The third-order valence-corrected chi connectivity index (χ3v) is 7.53. The standard InChI is InChI=1S/C33H40O4/c1-20(2)28-21(3)16-26(17-22(28)4)32(7,8)27-18-23(5)29(24(6)19-27)37-31(36)33(9)14-10-12-25(30(34)35)13-11-15-33/h10-12,14-20H,13H2,1-9H3,(H,34,35)/b14-10-,15-11?,25-12-. The Hall–Kier alpha value is -3.40. The highest BCUT2D eigenvalue weighted by Crippen LogP contribution is 2.39. The van der Waals surface area contributed by atoms with Gasteiger partial charge in [0, 0.05) is 11.0 Å². The van der Waals surface area contributed by atoms with Crippen molar-refractivity contribution in [3.63, 3.8) is 0 Å². The van der Waals surface area contributed by atoms with E-state index < -0.39 is 17.4 Å². The van der Waals surface area contributed by atoms with Crippen molar-refractivity contribution >= 4 is 11.9 Å². The van der Waals surface area contributed by atoms with Crippen LogP contribution in [0.25, 0.3) is 0 Å². The molecule has 0 radical (unpaired) electrons. The van der Waals surface area contributed by atoms with Gasteiger partial charge >= 0.3 is 11.9 Å². The van der Waals surface area contributed by atoms with Crippen LogP contribution in [0, 0.1) is 33.1 Å². The Labute approximate surface area is 221 Å². The Morgan fingerprint density at radius 2 is 1.43 bits per heavy atom. The number of rotatable bonds is 6. The molecule has 0 fully saturated rings. The lowest BCUT2D eigenvalue weighted by Crippen LogP contribution is -2.29. The van der Waals surface area contributed by atoms with Gasteiger partial charge in [-0.15, -0.1) is 0 Å². The van der Waals surface area contributed by atoms with Crippen LogP contribution in [-0.2, 0) is 15.0 Å². The van der Waals surface area contributed by atoms with E-state index in [1.165, 1.54) is 33.9 Å². The maximum Gasteiger partial charge on any atom is 0.331 e. The van der Waals surface area contributed by atoms with E-state index in [2.05, 4.69) is 65.8 Å². The van der Waals surface area contributed by atoms with Crippen LogP contribution in [-0.4, -0.2) is 17.0 Å². The Kier molecular flexibility index (Phi) is 8.02. The quantitative estimate of drug-likeness (QED) is 0.250. The summed E-state index contributed by atoms with van der Waals surface area (Å²) in [6.07, 6.45) is 8.51.